The van der Waals surface area contributed by atoms with Crippen LogP contribution >= 0.6 is 0 Å². The first kappa shape index (κ1) is 23.9. The summed E-state index contributed by atoms with van der Waals surface area (Å²) in [5.74, 6) is 1.76. The number of hydrogen-bond donors (Lipinski definition) is 1. The van der Waals surface area contributed by atoms with Gasteiger partial charge in [0.2, 0.25) is 11.7 Å². The van der Waals surface area contributed by atoms with Crippen LogP contribution in [0.2, 0.25) is 0 Å². The monoisotopic (exact) mass is 455 g/mol. The number of carbonyl (C=O) groups excluding carboxylic acids is 2. The molecule has 176 valence electrons. The van der Waals surface area contributed by atoms with E-state index in [0.29, 0.717) is 60.1 Å². The summed E-state index contributed by atoms with van der Waals surface area (Å²) in [6.07, 6.45) is 2.67. The average molecular weight is 456 g/mol. The summed E-state index contributed by atoms with van der Waals surface area (Å²) in [6.45, 7) is 1.03. The number of carbonyl (C=O) groups is 2. The zero-order chi connectivity index (χ0) is 23.8. The number of rotatable bonds is 8. The second-order valence-electron chi connectivity index (χ2n) is 7.49. The molecule has 9 heteroatoms. The lowest BCUT2D eigenvalue weighted by atomic mass is 9.95. The summed E-state index contributed by atoms with van der Waals surface area (Å²) in [5.41, 5.74) is 3.88. The molecule has 1 heterocycles. The Bertz CT molecular complexity index is 973. The van der Waals surface area contributed by atoms with E-state index in [1.807, 2.05) is 0 Å². The van der Waals surface area contributed by atoms with Crippen molar-refractivity contribution in [2.24, 2.45) is 11.0 Å². The van der Waals surface area contributed by atoms with Gasteiger partial charge in [-0.25, -0.2) is 5.43 Å². The molecule has 0 radical (unpaired) electrons. The van der Waals surface area contributed by atoms with Crippen LogP contribution in [0, 0.1) is 5.92 Å². The van der Waals surface area contributed by atoms with Gasteiger partial charge in [0.1, 0.15) is 5.75 Å². The largest absolute Gasteiger partial charge is 0.497 e. The van der Waals surface area contributed by atoms with E-state index < -0.39 is 0 Å². The molecule has 2 aromatic carbocycles. The Hall–Kier alpha value is -3.75. The number of piperidine rings is 1. The summed E-state index contributed by atoms with van der Waals surface area (Å²) < 4.78 is 21.1. The van der Waals surface area contributed by atoms with Crippen LogP contribution in [0.25, 0.3) is 0 Å². The second-order valence-corrected chi connectivity index (χ2v) is 7.49. The first-order chi connectivity index (χ1) is 16.0. The van der Waals surface area contributed by atoms with Gasteiger partial charge in [-0.05, 0) is 49.2 Å². The maximum atomic E-state index is 12.7. The fourth-order valence-corrected chi connectivity index (χ4v) is 3.70. The van der Waals surface area contributed by atoms with Crippen molar-refractivity contribution in [1.29, 1.82) is 0 Å². The van der Waals surface area contributed by atoms with Crippen LogP contribution in [-0.4, -0.2) is 64.5 Å². The van der Waals surface area contributed by atoms with Crippen molar-refractivity contribution in [2.45, 2.75) is 12.8 Å². The summed E-state index contributed by atoms with van der Waals surface area (Å²) >= 11 is 0. The Labute approximate surface area is 193 Å². The van der Waals surface area contributed by atoms with Gasteiger partial charge in [0.05, 0.1) is 34.7 Å². The minimum Gasteiger partial charge on any atom is -0.497 e. The second kappa shape index (κ2) is 11.2. The highest BCUT2D eigenvalue weighted by molar-refractivity contribution is 5.94. The topological polar surface area (TPSA) is 98.7 Å². The van der Waals surface area contributed by atoms with E-state index in [2.05, 4.69) is 10.5 Å². The molecule has 0 saturated carbocycles. The Morgan fingerprint density at radius 2 is 1.55 bits per heavy atom. The maximum absolute atomic E-state index is 12.7. The predicted molar refractivity (Wildman–Crippen MR) is 123 cm³/mol. The first-order valence-corrected chi connectivity index (χ1v) is 10.6. The van der Waals surface area contributed by atoms with Gasteiger partial charge in [-0.2, -0.15) is 5.10 Å². The highest BCUT2D eigenvalue weighted by Crippen LogP contribution is 2.37. The molecule has 33 heavy (non-hydrogen) atoms. The number of hydrogen-bond acceptors (Lipinski definition) is 7. The highest BCUT2D eigenvalue weighted by Gasteiger charge is 2.27. The summed E-state index contributed by atoms with van der Waals surface area (Å²) in [7, 11) is 6.18. The van der Waals surface area contributed by atoms with Crippen molar-refractivity contribution in [1.82, 2.24) is 10.3 Å². The summed E-state index contributed by atoms with van der Waals surface area (Å²) in [4.78, 5) is 27.0. The van der Waals surface area contributed by atoms with E-state index in [1.165, 1.54) is 27.5 Å². The van der Waals surface area contributed by atoms with Crippen LogP contribution in [0.15, 0.2) is 41.5 Å². The van der Waals surface area contributed by atoms with E-state index in [0.717, 1.165) is 0 Å². The van der Waals surface area contributed by atoms with E-state index in [9.17, 15) is 9.59 Å². The summed E-state index contributed by atoms with van der Waals surface area (Å²) in [6, 6.07) is 10.5. The number of ether oxygens (including phenoxy) is 4. The first-order valence-electron chi connectivity index (χ1n) is 10.6. The van der Waals surface area contributed by atoms with Crippen LogP contribution in [0.3, 0.4) is 0 Å². The SMILES string of the molecule is COc1ccc(C(=O)N2CCC(C(=O)N/N=C\c3cc(OC)c(OC)c(OC)c3)CC2)cc1. The van der Waals surface area contributed by atoms with Crippen molar-refractivity contribution in [3.63, 3.8) is 0 Å². The molecule has 2 amide bonds. The number of nitrogens with zero attached hydrogens (tertiary/aromatic N) is 2. The standard InChI is InChI=1S/C24H29N3O6/c1-30-19-7-5-18(6-8-19)24(29)27-11-9-17(10-12-27)23(28)26-25-15-16-13-20(31-2)22(33-4)21(14-16)32-3/h5-8,13-15,17H,9-12H2,1-4H3,(H,26,28)/b25-15-. The molecule has 0 spiro atoms. The quantitative estimate of drug-likeness (QED) is 0.486. The van der Waals surface area contributed by atoms with Crippen molar-refractivity contribution in [3.05, 3.63) is 47.5 Å². The highest BCUT2D eigenvalue weighted by atomic mass is 16.5. The number of benzene rings is 2. The minimum atomic E-state index is -0.206. The third-order valence-corrected chi connectivity index (χ3v) is 5.57. The van der Waals surface area contributed by atoms with E-state index in [1.54, 1.807) is 48.4 Å². The fourth-order valence-electron chi connectivity index (χ4n) is 3.70. The molecular formula is C24H29N3O6. The molecule has 1 fully saturated rings. The van der Waals surface area contributed by atoms with Gasteiger partial charge < -0.3 is 23.8 Å². The lowest BCUT2D eigenvalue weighted by molar-refractivity contribution is -0.126. The molecule has 1 aliphatic rings. The molecule has 0 bridgehead atoms. The van der Waals surface area contributed by atoms with Gasteiger partial charge in [-0.15, -0.1) is 0 Å². The average Bonchev–Trinajstić information content (AvgIpc) is 2.87. The van der Waals surface area contributed by atoms with Crippen LogP contribution in [0.5, 0.6) is 23.0 Å². The van der Waals surface area contributed by atoms with Crippen molar-refractivity contribution >= 4 is 18.0 Å². The van der Waals surface area contributed by atoms with Crippen LogP contribution in [0.1, 0.15) is 28.8 Å². The molecule has 0 aromatic heterocycles. The van der Waals surface area contributed by atoms with Gasteiger partial charge in [0.25, 0.3) is 5.91 Å². The molecule has 3 rings (SSSR count). The molecule has 0 unspecified atom stereocenters. The number of methoxy groups -OCH3 is 4. The van der Waals surface area contributed by atoms with Crippen molar-refractivity contribution < 1.29 is 28.5 Å². The summed E-state index contributed by atoms with van der Waals surface area (Å²) in [5, 5.41) is 4.07. The molecule has 1 saturated heterocycles. The molecule has 1 N–H and O–H groups in total. The van der Waals surface area contributed by atoms with E-state index >= 15 is 0 Å². The molecule has 9 nitrogen and oxygen atoms in total. The lowest BCUT2D eigenvalue weighted by Crippen LogP contribution is -2.42. The molecule has 0 atom stereocenters. The smallest absolute Gasteiger partial charge is 0.253 e. The molecule has 1 aliphatic heterocycles. The minimum absolute atomic E-state index is 0.0445. The van der Waals surface area contributed by atoms with Gasteiger partial charge in [-0.3, -0.25) is 9.59 Å². The zero-order valence-electron chi connectivity index (χ0n) is 19.3. The fraction of sp³-hybridized carbons (Fsp3) is 0.375. The van der Waals surface area contributed by atoms with Gasteiger partial charge in [0.15, 0.2) is 11.5 Å². The lowest BCUT2D eigenvalue weighted by Gasteiger charge is -2.31. The van der Waals surface area contributed by atoms with Crippen LogP contribution in [0.4, 0.5) is 0 Å². The molecule has 2 aromatic rings. The molecule has 0 aliphatic carbocycles. The van der Waals surface area contributed by atoms with E-state index in [4.69, 9.17) is 18.9 Å². The Morgan fingerprint density at radius 3 is 2.06 bits per heavy atom. The number of likely N-dealkylation sites (tertiary alicyclic amines) is 1. The third-order valence-electron chi connectivity index (χ3n) is 5.57. The Kier molecular flexibility index (Phi) is 8.12. The van der Waals surface area contributed by atoms with Gasteiger partial charge in [-0.1, -0.05) is 0 Å². The zero-order valence-corrected chi connectivity index (χ0v) is 19.3. The Morgan fingerprint density at radius 1 is 0.939 bits per heavy atom. The van der Waals surface area contributed by atoms with Gasteiger partial charge in [0, 0.05) is 30.1 Å². The number of nitrogens with one attached hydrogen (secondary N) is 1. The number of hydrazone groups is 1. The van der Waals surface area contributed by atoms with Crippen LogP contribution < -0.4 is 24.4 Å². The van der Waals surface area contributed by atoms with Crippen molar-refractivity contribution in [2.75, 3.05) is 41.5 Å². The van der Waals surface area contributed by atoms with Crippen LogP contribution in [-0.2, 0) is 4.79 Å². The van der Waals surface area contributed by atoms with Crippen molar-refractivity contribution in [3.8, 4) is 23.0 Å². The normalized spacial score (nSPS) is 14.1. The predicted octanol–water partition coefficient (Wildman–Crippen LogP) is 2.72. The Balaban J connectivity index is 1.54. The number of amides is 2. The molecular weight excluding hydrogens is 426 g/mol. The van der Waals surface area contributed by atoms with E-state index in [-0.39, 0.29) is 17.7 Å². The maximum Gasteiger partial charge on any atom is 0.253 e. The van der Waals surface area contributed by atoms with Gasteiger partial charge >= 0.3 is 0 Å². The third kappa shape index (κ3) is 5.74.